The average molecular weight is 286 g/mol. The van der Waals surface area contributed by atoms with E-state index >= 15 is 0 Å². The molecule has 0 aromatic heterocycles. The molecular formula is C17H11Cl2. The van der Waals surface area contributed by atoms with Crippen molar-refractivity contribution in [3.63, 3.8) is 0 Å². The molecule has 0 saturated heterocycles. The predicted octanol–water partition coefficient (Wildman–Crippen LogP) is 5.92. The van der Waals surface area contributed by atoms with E-state index in [0.29, 0.717) is 10.0 Å². The van der Waals surface area contributed by atoms with Crippen LogP contribution in [0.2, 0.25) is 10.0 Å². The van der Waals surface area contributed by atoms with E-state index in [0.717, 1.165) is 22.1 Å². The molecule has 19 heavy (non-hydrogen) atoms. The Bertz CT molecular complexity index is 760. The molecule has 0 aliphatic rings. The highest BCUT2D eigenvalue weighted by molar-refractivity contribution is 6.36. The summed E-state index contributed by atoms with van der Waals surface area (Å²) in [6.07, 6.45) is 0. The minimum Gasteiger partial charge on any atom is -0.0843 e. The highest BCUT2D eigenvalue weighted by Gasteiger charge is 2.09. The maximum absolute atomic E-state index is 6.31. The van der Waals surface area contributed by atoms with E-state index < -0.39 is 0 Å². The molecule has 0 unspecified atom stereocenters. The molecule has 0 N–H and O–H groups in total. The molecule has 1 radical (unpaired) electrons. The summed E-state index contributed by atoms with van der Waals surface area (Å²) in [5.74, 6) is 0. The minimum atomic E-state index is 0.644. The molecule has 3 aromatic carbocycles. The highest BCUT2D eigenvalue weighted by Crippen LogP contribution is 2.35. The second kappa shape index (κ2) is 4.88. The van der Waals surface area contributed by atoms with Crippen LogP contribution in [0.3, 0.4) is 0 Å². The smallest absolute Gasteiger partial charge is 0.0499 e. The monoisotopic (exact) mass is 285 g/mol. The van der Waals surface area contributed by atoms with Crippen molar-refractivity contribution in [2.24, 2.45) is 0 Å². The highest BCUT2D eigenvalue weighted by atomic mass is 35.5. The standard InChI is InChI=1S/C17H11Cl2/c1-11-8-12-4-2-3-5-14(12)16(9-11)15-7-6-13(18)10-17(15)19/h2-8,10H,1H3. The van der Waals surface area contributed by atoms with Gasteiger partial charge in [-0.05, 0) is 47.0 Å². The molecule has 0 spiro atoms. The van der Waals surface area contributed by atoms with Crippen LogP contribution in [0.15, 0.2) is 48.5 Å². The van der Waals surface area contributed by atoms with Crippen molar-refractivity contribution in [2.75, 3.05) is 0 Å². The zero-order valence-electron chi connectivity index (χ0n) is 10.4. The summed E-state index contributed by atoms with van der Waals surface area (Å²) in [6, 6.07) is 19.3. The van der Waals surface area contributed by atoms with Crippen LogP contribution in [0.25, 0.3) is 21.9 Å². The van der Waals surface area contributed by atoms with E-state index in [2.05, 4.69) is 24.3 Å². The van der Waals surface area contributed by atoms with Crippen molar-refractivity contribution in [2.45, 2.75) is 6.92 Å². The Balaban J connectivity index is 2.35. The van der Waals surface area contributed by atoms with Crippen molar-refractivity contribution in [3.8, 4) is 11.1 Å². The lowest BCUT2D eigenvalue weighted by Crippen LogP contribution is -1.86. The summed E-state index contributed by atoms with van der Waals surface area (Å²) >= 11 is 12.3. The first-order valence-electron chi connectivity index (χ1n) is 6.02. The molecule has 3 rings (SSSR count). The Morgan fingerprint density at radius 2 is 1.74 bits per heavy atom. The SMILES string of the molecule is Cc1[c]c(-c2ccc(Cl)cc2Cl)c2ccccc2c1. The summed E-state index contributed by atoms with van der Waals surface area (Å²) in [5, 5.41) is 3.64. The van der Waals surface area contributed by atoms with E-state index in [4.69, 9.17) is 23.2 Å². The quantitative estimate of drug-likeness (QED) is 0.520. The molecule has 0 heterocycles. The van der Waals surface area contributed by atoms with E-state index in [9.17, 15) is 0 Å². The lowest BCUT2D eigenvalue weighted by molar-refractivity contribution is 1.48. The zero-order chi connectivity index (χ0) is 13.4. The summed E-state index contributed by atoms with van der Waals surface area (Å²) in [4.78, 5) is 0. The van der Waals surface area contributed by atoms with E-state index in [1.165, 1.54) is 5.39 Å². The van der Waals surface area contributed by atoms with Crippen molar-refractivity contribution in [1.82, 2.24) is 0 Å². The number of hydrogen-bond acceptors (Lipinski definition) is 0. The summed E-state index contributed by atoms with van der Waals surface area (Å²) < 4.78 is 0. The van der Waals surface area contributed by atoms with Crippen molar-refractivity contribution in [1.29, 1.82) is 0 Å². The number of fused-ring (bicyclic) bond motifs is 1. The van der Waals surface area contributed by atoms with Gasteiger partial charge in [0.25, 0.3) is 0 Å². The first kappa shape index (κ1) is 12.5. The van der Waals surface area contributed by atoms with Gasteiger partial charge in [0.05, 0.1) is 0 Å². The molecule has 0 aliphatic heterocycles. The molecular weight excluding hydrogens is 275 g/mol. The number of rotatable bonds is 1. The molecule has 0 amide bonds. The van der Waals surface area contributed by atoms with Crippen LogP contribution in [0, 0.1) is 13.0 Å². The molecule has 0 bridgehead atoms. The Hall–Kier alpha value is -1.50. The lowest BCUT2D eigenvalue weighted by Gasteiger charge is -2.10. The van der Waals surface area contributed by atoms with Gasteiger partial charge in [-0.3, -0.25) is 0 Å². The molecule has 0 atom stereocenters. The van der Waals surface area contributed by atoms with Gasteiger partial charge >= 0.3 is 0 Å². The fourth-order valence-electron chi connectivity index (χ4n) is 2.29. The first-order valence-corrected chi connectivity index (χ1v) is 6.78. The second-order valence-electron chi connectivity index (χ2n) is 4.54. The van der Waals surface area contributed by atoms with Gasteiger partial charge in [0.15, 0.2) is 0 Å². The lowest BCUT2D eigenvalue weighted by atomic mass is 9.96. The van der Waals surface area contributed by atoms with Gasteiger partial charge in [0.2, 0.25) is 0 Å². The zero-order valence-corrected chi connectivity index (χ0v) is 11.9. The van der Waals surface area contributed by atoms with Crippen LogP contribution in [0.1, 0.15) is 5.56 Å². The van der Waals surface area contributed by atoms with Crippen molar-refractivity contribution < 1.29 is 0 Å². The fraction of sp³-hybridized carbons (Fsp3) is 0.0588. The second-order valence-corrected chi connectivity index (χ2v) is 5.38. The maximum Gasteiger partial charge on any atom is 0.0499 e. The van der Waals surface area contributed by atoms with E-state index in [1.54, 1.807) is 6.07 Å². The number of aryl methyl sites for hydroxylation is 1. The van der Waals surface area contributed by atoms with Crippen molar-refractivity contribution >= 4 is 34.0 Å². The third kappa shape index (κ3) is 2.34. The summed E-state index contributed by atoms with van der Waals surface area (Å²) in [7, 11) is 0. The molecule has 2 heteroatoms. The summed E-state index contributed by atoms with van der Waals surface area (Å²) in [5.41, 5.74) is 3.09. The topological polar surface area (TPSA) is 0 Å². The van der Waals surface area contributed by atoms with Gasteiger partial charge in [-0.25, -0.2) is 0 Å². The van der Waals surface area contributed by atoms with Crippen LogP contribution in [-0.2, 0) is 0 Å². The maximum atomic E-state index is 6.31. The van der Waals surface area contributed by atoms with Gasteiger partial charge in [-0.1, -0.05) is 59.6 Å². The Kier molecular flexibility index (Phi) is 3.22. The minimum absolute atomic E-state index is 0.644. The fourth-order valence-corrected chi connectivity index (χ4v) is 2.79. The average Bonchev–Trinajstić information content (AvgIpc) is 2.38. The Morgan fingerprint density at radius 3 is 2.53 bits per heavy atom. The summed E-state index contributed by atoms with van der Waals surface area (Å²) in [6.45, 7) is 2.04. The molecule has 0 nitrogen and oxygen atoms in total. The van der Waals surface area contributed by atoms with Gasteiger partial charge in [-0.15, -0.1) is 0 Å². The predicted molar refractivity (Wildman–Crippen MR) is 83.0 cm³/mol. The van der Waals surface area contributed by atoms with Gasteiger partial charge < -0.3 is 0 Å². The molecule has 0 saturated carbocycles. The molecule has 93 valence electrons. The third-order valence-electron chi connectivity index (χ3n) is 3.12. The van der Waals surface area contributed by atoms with Gasteiger partial charge in [0, 0.05) is 15.6 Å². The van der Waals surface area contributed by atoms with Crippen LogP contribution in [0.5, 0.6) is 0 Å². The van der Waals surface area contributed by atoms with Gasteiger partial charge in [0.1, 0.15) is 0 Å². The normalized spacial score (nSPS) is 10.9. The van der Waals surface area contributed by atoms with Crippen LogP contribution in [0.4, 0.5) is 0 Å². The molecule has 3 aromatic rings. The largest absolute Gasteiger partial charge is 0.0843 e. The molecule has 0 aliphatic carbocycles. The Labute approximate surface area is 122 Å². The number of benzene rings is 3. The van der Waals surface area contributed by atoms with Gasteiger partial charge in [-0.2, -0.15) is 0 Å². The van der Waals surface area contributed by atoms with Crippen LogP contribution < -0.4 is 0 Å². The molecule has 0 fully saturated rings. The van der Waals surface area contributed by atoms with E-state index in [1.807, 2.05) is 31.2 Å². The number of hydrogen-bond donors (Lipinski definition) is 0. The third-order valence-corrected chi connectivity index (χ3v) is 3.67. The van der Waals surface area contributed by atoms with E-state index in [-0.39, 0.29) is 0 Å². The van der Waals surface area contributed by atoms with Crippen LogP contribution in [-0.4, -0.2) is 0 Å². The number of halogens is 2. The van der Waals surface area contributed by atoms with Crippen LogP contribution >= 0.6 is 23.2 Å². The first-order chi connectivity index (χ1) is 9.15. The van der Waals surface area contributed by atoms with Crippen molar-refractivity contribution in [3.05, 3.63) is 70.2 Å². The Morgan fingerprint density at radius 1 is 0.947 bits per heavy atom.